The predicted octanol–water partition coefficient (Wildman–Crippen LogP) is 2.18. The van der Waals surface area contributed by atoms with Gasteiger partial charge in [-0.15, -0.1) is 0 Å². The Bertz CT molecular complexity index is 1090. The number of rotatable bonds is 5. The second-order valence-electron chi connectivity index (χ2n) is 6.34. The van der Waals surface area contributed by atoms with Crippen LogP contribution in [0.25, 0.3) is 16.7 Å². The standard InChI is InChI=1S/C18H19N7O/c1-11(8-13-9-12(2)23-24-13)20-18-21-16-15(17(26)22-18)10-19-25(16)14-6-4-3-5-7-14/h3-7,9-11H,8H2,1-2H3,(H,23,24)(H2,20,21,22,26). The highest BCUT2D eigenvalue weighted by Gasteiger charge is 2.13. The zero-order valence-corrected chi connectivity index (χ0v) is 14.5. The van der Waals surface area contributed by atoms with Gasteiger partial charge in [0.15, 0.2) is 5.65 Å². The Morgan fingerprint density at radius 3 is 2.81 bits per heavy atom. The average Bonchev–Trinajstić information content (AvgIpc) is 3.22. The number of H-pyrrole nitrogens is 2. The van der Waals surface area contributed by atoms with Crippen LogP contribution in [0.1, 0.15) is 18.3 Å². The van der Waals surface area contributed by atoms with Gasteiger partial charge in [-0.2, -0.15) is 15.2 Å². The molecule has 0 aliphatic heterocycles. The van der Waals surface area contributed by atoms with Crippen molar-refractivity contribution >= 4 is 17.0 Å². The second-order valence-corrected chi connectivity index (χ2v) is 6.34. The van der Waals surface area contributed by atoms with Crippen LogP contribution >= 0.6 is 0 Å². The van der Waals surface area contributed by atoms with E-state index in [1.807, 2.05) is 50.2 Å². The van der Waals surface area contributed by atoms with Crippen molar-refractivity contribution in [2.24, 2.45) is 0 Å². The van der Waals surface area contributed by atoms with Crippen LogP contribution in [0.5, 0.6) is 0 Å². The van der Waals surface area contributed by atoms with Crippen molar-refractivity contribution < 1.29 is 0 Å². The summed E-state index contributed by atoms with van der Waals surface area (Å²) in [7, 11) is 0. The molecule has 0 spiro atoms. The first-order valence-electron chi connectivity index (χ1n) is 8.41. The predicted molar refractivity (Wildman–Crippen MR) is 99.6 cm³/mol. The van der Waals surface area contributed by atoms with Crippen LogP contribution in [0.2, 0.25) is 0 Å². The summed E-state index contributed by atoms with van der Waals surface area (Å²) in [6.45, 7) is 3.98. The van der Waals surface area contributed by atoms with E-state index in [0.717, 1.165) is 17.1 Å². The molecule has 26 heavy (non-hydrogen) atoms. The lowest BCUT2D eigenvalue weighted by Gasteiger charge is -2.13. The number of para-hydroxylation sites is 1. The summed E-state index contributed by atoms with van der Waals surface area (Å²) in [4.78, 5) is 19.7. The fraction of sp³-hybridized carbons (Fsp3) is 0.222. The van der Waals surface area contributed by atoms with Crippen molar-refractivity contribution in [3.63, 3.8) is 0 Å². The molecule has 0 radical (unpaired) electrons. The smallest absolute Gasteiger partial charge is 0.263 e. The summed E-state index contributed by atoms with van der Waals surface area (Å²) in [6, 6.07) is 11.7. The maximum atomic E-state index is 12.4. The number of aromatic nitrogens is 6. The summed E-state index contributed by atoms with van der Waals surface area (Å²) in [6.07, 6.45) is 2.25. The highest BCUT2D eigenvalue weighted by Crippen LogP contribution is 2.15. The fourth-order valence-corrected chi connectivity index (χ4v) is 2.92. The van der Waals surface area contributed by atoms with E-state index in [2.05, 4.69) is 30.6 Å². The average molecular weight is 349 g/mol. The third-order valence-electron chi connectivity index (χ3n) is 4.10. The number of nitrogens with one attached hydrogen (secondary N) is 3. The molecule has 8 nitrogen and oxygen atoms in total. The quantitative estimate of drug-likeness (QED) is 0.512. The second kappa shape index (κ2) is 6.47. The molecule has 0 saturated carbocycles. The van der Waals surface area contributed by atoms with Crippen LogP contribution in [0.3, 0.4) is 0 Å². The summed E-state index contributed by atoms with van der Waals surface area (Å²) in [5.41, 5.74) is 3.13. The lowest BCUT2D eigenvalue weighted by Crippen LogP contribution is -2.22. The van der Waals surface area contributed by atoms with Gasteiger partial charge in [0.2, 0.25) is 5.95 Å². The largest absolute Gasteiger partial charge is 0.353 e. The van der Waals surface area contributed by atoms with Crippen molar-refractivity contribution in [2.75, 3.05) is 5.32 Å². The van der Waals surface area contributed by atoms with Gasteiger partial charge in [0.1, 0.15) is 5.39 Å². The van der Waals surface area contributed by atoms with Crippen LogP contribution in [0.15, 0.2) is 47.4 Å². The molecule has 1 unspecified atom stereocenters. The Morgan fingerprint density at radius 2 is 2.08 bits per heavy atom. The molecule has 3 aromatic heterocycles. The molecule has 4 aromatic rings. The number of fused-ring (bicyclic) bond motifs is 1. The highest BCUT2D eigenvalue weighted by atomic mass is 16.1. The maximum absolute atomic E-state index is 12.4. The van der Waals surface area contributed by atoms with E-state index in [-0.39, 0.29) is 11.6 Å². The molecular weight excluding hydrogens is 330 g/mol. The molecule has 1 aromatic carbocycles. The zero-order chi connectivity index (χ0) is 18.1. The first kappa shape index (κ1) is 16.1. The molecule has 0 aliphatic carbocycles. The van der Waals surface area contributed by atoms with Crippen molar-refractivity contribution in [3.05, 3.63) is 64.3 Å². The van der Waals surface area contributed by atoms with Crippen LogP contribution in [0.4, 0.5) is 5.95 Å². The van der Waals surface area contributed by atoms with Crippen LogP contribution < -0.4 is 10.9 Å². The van der Waals surface area contributed by atoms with Crippen molar-refractivity contribution in [2.45, 2.75) is 26.3 Å². The Kier molecular flexibility index (Phi) is 4.00. The van der Waals surface area contributed by atoms with E-state index in [1.54, 1.807) is 4.68 Å². The van der Waals surface area contributed by atoms with Crippen LogP contribution in [-0.4, -0.2) is 36.0 Å². The number of hydrogen-bond donors (Lipinski definition) is 3. The topological polar surface area (TPSA) is 104 Å². The van der Waals surface area contributed by atoms with Gasteiger partial charge in [0, 0.05) is 18.2 Å². The number of benzene rings is 1. The van der Waals surface area contributed by atoms with Crippen molar-refractivity contribution in [3.8, 4) is 5.69 Å². The number of anilines is 1. The summed E-state index contributed by atoms with van der Waals surface area (Å²) < 4.78 is 1.66. The Morgan fingerprint density at radius 1 is 1.27 bits per heavy atom. The summed E-state index contributed by atoms with van der Waals surface area (Å²) in [5.74, 6) is 0.417. The molecule has 132 valence electrons. The normalized spacial score (nSPS) is 12.4. The van der Waals surface area contributed by atoms with Gasteiger partial charge in [-0.3, -0.25) is 14.9 Å². The van der Waals surface area contributed by atoms with E-state index < -0.39 is 0 Å². The molecule has 0 saturated heterocycles. The summed E-state index contributed by atoms with van der Waals surface area (Å²) in [5, 5.41) is 15.2. The minimum Gasteiger partial charge on any atom is -0.353 e. The molecule has 3 heterocycles. The number of hydrogen-bond acceptors (Lipinski definition) is 5. The van der Waals surface area contributed by atoms with Gasteiger partial charge >= 0.3 is 0 Å². The van der Waals surface area contributed by atoms with Crippen molar-refractivity contribution in [1.29, 1.82) is 0 Å². The maximum Gasteiger partial charge on any atom is 0.263 e. The molecule has 3 N–H and O–H groups in total. The molecule has 0 aliphatic rings. The van der Waals surface area contributed by atoms with Gasteiger partial charge in [-0.05, 0) is 32.0 Å². The molecule has 8 heteroatoms. The third kappa shape index (κ3) is 3.08. The van der Waals surface area contributed by atoms with E-state index in [4.69, 9.17) is 0 Å². The van der Waals surface area contributed by atoms with E-state index in [1.165, 1.54) is 6.20 Å². The number of aromatic amines is 2. The van der Waals surface area contributed by atoms with Gasteiger partial charge in [0.25, 0.3) is 5.56 Å². The van der Waals surface area contributed by atoms with Crippen LogP contribution in [0, 0.1) is 6.92 Å². The highest BCUT2D eigenvalue weighted by molar-refractivity contribution is 5.76. The Balaban J connectivity index is 1.64. The number of aryl methyl sites for hydroxylation is 1. The van der Waals surface area contributed by atoms with E-state index in [9.17, 15) is 4.79 Å². The SMILES string of the molecule is Cc1cc(CC(C)Nc2nc3c(cnn3-c3ccccc3)c(=O)[nH]2)n[nH]1. The first-order valence-corrected chi connectivity index (χ1v) is 8.41. The van der Waals surface area contributed by atoms with Gasteiger partial charge in [-0.1, -0.05) is 18.2 Å². The molecule has 4 rings (SSSR count). The minimum atomic E-state index is -0.220. The molecule has 1 atom stereocenters. The lowest BCUT2D eigenvalue weighted by atomic mass is 10.2. The molecule has 0 fully saturated rings. The minimum absolute atomic E-state index is 0.0476. The van der Waals surface area contributed by atoms with Gasteiger partial charge in [-0.25, -0.2) is 4.68 Å². The molecule has 0 amide bonds. The lowest BCUT2D eigenvalue weighted by molar-refractivity contribution is 0.753. The molecule has 0 bridgehead atoms. The Hall–Kier alpha value is -3.42. The fourth-order valence-electron chi connectivity index (χ4n) is 2.92. The first-order chi connectivity index (χ1) is 12.6. The van der Waals surface area contributed by atoms with E-state index in [0.29, 0.717) is 23.4 Å². The van der Waals surface area contributed by atoms with Crippen LogP contribution in [-0.2, 0) is 6.42 Å². The number of nitrogens with zero attached hydrogens (tertiary/aromatic N) is 4. The van der Waals surface area contributed by atoms with Gasteiger partial charge in [0.05, 0.1) is 17.6 Å². The van der Waals surface area contributed by atoms with Gasteiger partial charge < -0.3 is 5.32 Å². The third-order valence-corrected chi connectivity index (χ3v) is 4.10. The molecular formula is C18H19N7O. The van der Waals surface area contributed by atoms with Crippen molar-refractivity contribution in [1.82, 2.24) is 29.9 Å². The zero-order valence-electron chi connectivity index (χ0n) is 14.5. The Labute approximate surface area is 149 Å². The van der Waals surface area contributed by atoms with E-state index >= 15 is 0 Å². The summed E-state index contributed by atoms with van der Waals surface area (Å²) >= 11 is 0. The monoisotopic (exact) mass is 349 g/mol.